The molecule has 3 aromatic rings. The van der Waals surface area contributed by atoms with Crippen LogP contribution in [0.1, 0.15) is 41.2 Å². The van der Waals surface area contributed by atoms with E-state index in [2.05, 4.69) is 46.2 Å². The van der Waals surface area contributed by atoms with Crippen LogP contribution in [0.2, 0.25) is 0 Å². The van der Waals surface area contributed by atoms with Gasteiger partial charge in [-0.2, -0.15) is 0 Å². The van der Waals surface area contributed by atoms with Crippen LogP contribution < -0.4 is 5.32 Å². The predicted molar refractivity (Wildman–Crippen MR) is 109 cm³/mol. The molecule has 2 unspecified atom stereocenters. The number of benzene rings is 2. The lowest BCUT2D eigenvalue weighted by Crippen LogP contribution is -2.51. The number of hydrogen-bond donors (Lipinski definition) is 2. The highest BCUT2D eigenvalue weighted by atomic mass is 16.1. The van der Waals surface area contributed by atoms with Gasteiger partial charge >= 0.3 is 0 Å². The fourth-order valence-electron chi connectivity index (χ4n) is 4.05. The third kappa shape index (κ3) is 3.53. The van der Waals surface area contributed by atoms with Gasteiger partial charge in [0.15, 0.2) is 0 Å². The smallest absolute Gasteiger partial charge is 0.252 e. The fraction of sp³-hybridized carbons (Fsp3) is 0.261. The Balaban J connectivity index is 1.60. The molecule has 2 heterocycles. The van der Waals surface area contributed by atoms with E-state index in [1.807, 2.05) is 42.5 Å². The number of nitrogens with one attached hydrogen (secondary N) is 2. The second-order valence-electron chi connectivity index (χ2n) is 7.06. The van der Waals surface area contributed by atoms with Crippen molar-refractivity contribution in [2.45, 2.75) is 31.5 Å². The maximum absolute atomic E-state index is 12.7. The van der Waals surface area contributed by atoms with Gasteiger partial charge < -0.3 is 10.3 Å². The average Bonchev–Trinajstić information content (AvgIpc) is 3.14. The summed E-state index contributed by atoms with van der Waals surface area (Å²) in [7, 11) is 0. The molecule has 1 amide bonds. The number of carbonyl (C=O) groups excluding carboxylic acids is 1. The van der Waals surface area contributed by atoms with Crippen LogP contribution in [0.3, 0.4) is 0 Å². The van der Waals surface area contributed by atoms with Crippen LogP contribution in [0.15, 0.2) is 73.4 Å². The maximum atomic E-state index is 12.7. The Kier molecular flexibility index (Phi) is 5.07. The number of nitrogens with zero attached hydrogens (tertiary/aromatic N) is 1. The molecule has 2 atom stereocenters. The van der Waals surface area contributed by atoms with Crippen molar-refractivity contribution in [2.24, 2.45) is 0 Å². The number of rotatable bonds is 5. The minimum atomic E-state index is -0.0192. The summed E-state index contributed by atoms with van der Waals surface area (Å²) in [6, 6.07) is 17.8. The van der Waals surface area contributed by atoms with E-state index in [1.54, 1.807) is 0 Å². The molecule has 0 radical (unpaired) electrons. The van der Waals surface area contributed by atoms with Gasteiger partial charge in [0.25, 0.3) is 5.91 Å². The minimum absolute atomic E-state index is 0.00289. The summed E-state index contributed by atoms with van der Waals surface area (Å²) in [6.07, 6.45) is 7.26. The molecule has 4 nitrogen and oxygen atoms in total. The molecular formula is C23H25N3O. The standard InChI is InChI=1S/C23H25N3O/c1-2-21(19-16-24-20-13-7-6-12-18(19)20)26-15-9-8-14-22(26)25-23(27)17-10-4-3-5-11-17/h2-7,10-13,16,21-22,24H,1,8-9,14-15H2,(H,25,27). The van der Waals surface area contributed by atoms with Crippen LogP contribution in [-0.4, -0.2) is 28.5 Å². The predicted octanol–water partition coefficient (Wildman–Crippen LogP) is 4.64. The van der Waals surface area contributed by atoms with Crippen LogP contribution in [-0.2, 0) is 0 Å². The van der Waals surface area contributed by atoms with Gasteiger partial charge in [0.2, 0.25) is 0 Å². The van der Waals surface area contributed by atoms with Crippen molar-refractivity contribution in [2.75, 3.05) is 6.54 Å². The summed E-state index contributed by atoms with van der Waals surface area (Å²) >= 11 is 0. The van der Waals surface area contributed by atoms with Crippen LogP contribution in [0.25, 0.3) is 10.9 Å². The Bertz CT molecular complexity index is 931. The molecule has 0 saturated carbocycles. The number of carbonyl (C=O) groups is 1. The number of aromatic nitrogens is 1. The first-order valence-corrected chi connectivity index (χ1v) is 9.58. The van der Waals surface area contributed by atoms with E-state index in [-0.39, 0.29) is 18.1 Å². The molecule has 2 N–H and O–H groups in total. The minimum Gasteiger partial charge on any atom is -0.361 e. The lowest BCUT2D eigenvalue weighted by Gasteiger charge is -2.40. The van der Waals surface area contributed by atoms with Crippen LogP contribution >= 0.6 is 0 Å². The van der Waals surface area contributed by atoms with Gasteiger partial charge in [-0.05, 0) is 43.0 Å². The van der Waals surface area contributed by atoms with Crippen molar-refractivity contribution in [3.05, 3.63) is 84.6 Å². The molecule has 0 aliphatic carbocycles. The molecule has 27 heavy (non-hydrogen) atoms. The molecule has 1 fully saturated rings. The van der Waals surface area contributed by atoms with Crippen LogP contribution in [0.5, 0.6) is 0 Å². The molecule has 4 rings (SSSR count). The second-order valence-corrected chi connectivity index (χ2v) is 7.06. The first kappa shape index (κ1) is 17.6. The number of para-hydroxylation sites is 1. The topological polar surface area (TPSA) is 48.1 Å². The van der Waals surface area contributed by atoms with E-state index in [1.165, 1.54) is 10.9 Å². The highest BCUT2D eigenvalue weighted by molar-refractivity contribution is 5.94. The normalized spacial score (nSPS) is 18.9. The largest absolute Gasteiger partial charge is 0.361 e. The quantitative estimate of drug-likeness (QED) is 0.652. The summed E-state index contributed by atoms with van der Waals surface area (Å²) < 4.78 is 0. The molecule has 138 valence electrons. The number of fused-ring (bicyclic) bond motifs is 1. The monoisotopic (exact) mass is 359 g/mol. The molecule has 4 heteroatoms. The molecule has 1 saturated heterocycles. The summed E-state index contributed by atoms with van der Waals surface area (Å²) in [5.74, 6) is -0.0192. The third-order valence-electron chi connectivity index (χ3n) is 5.40. The van der Waals surface area contributed by atoms with E-state index < -0.39 is 0 Å². The van der Waals surface area contributed by atoms with Gasteiger partial charge in [-0.25, -0.2) is 0 Å². The summed E-state index contributed by atoms with van der Waals surface area (Å²) in [4.78, 5) is 18.4. The van der Waals surface area contributed by atoms with E-state index in [4.69, 9.17) is 0 Å². The lowest BCUT2D eigenvalue weighted by atomic mass is 9.99. The zero-order chi connectivity index (χ0) is 18.6. The Morgan fingerprint density at radius 3 is 2.74 bits per heavy atom. The van der Waals surface area contributed by atoms with Crippen molar-refractivity contribution in [1.82, 2.24) is 15.2 Å². The summed E-state index contributed by atoms with van der Waals surface area (Å²) in [5.41, 5.74) is 3.04. The van der Waals surface area contributed by atoms with Crippen molar-refractivity contribution in [3.63, 3.8) is 0 Å². The second kappa shape index (κ2) is 7.80. The molecule has 2 aromatic carbocycles. The molecule has 0 bridgehead atoms. The van der Waals surface area contributed by atoms with Gasteiger partial charge in [-0.1, -0.05) is 42.5 Å². The van der Waals surface area contributed by atoms with Crippen molar-refractivity contribution < 1.29 is 4.79 Å². The van der Waals surface area contributed by atoms with Gasteiger partial charge in [0.1, 0.15) is 0 Å². The molecule has 1 aromatic heterocycles. The van der Waals surface area contributed by atoms with E-state index in [9.17, 15) is 4.79 Å². The number of amides is 1. The Hall–Kier alpha value is -2.85. The first-order valence-electron chi connectivity index (χ1n) is 9.58. The van der Waals surface area contributed by atoms with Gasteiger partial charge in [0, 0.05) is 29.2 Å². The zero-order valence-electron chi connectivity index (χ0n) is 15.4. The Morgan fingerprint density at radius 2 is 1.93 bits per heavy atom. The van der Waals surface area contributed by atoms with Crippen molar-refractivity contribution in [3.8, 4) is 0 Å². The van der Waals surface area contributed by atoms with Crippen molar-refractivity contribution >= 4 is 16.8 Å². The average molecular weight is 359 g/mol. The van der Waals surface area contributed by atoms with Gasteiger partial charge in [-0.15, -0.1) is 6.58 Å². The van der Waals surface area contributed by atoms with E-state index >= 15 is 0 Å². The zero-order valence-corrected chi connectivity index (χ0v) is 15.4. The lowest BCUT2D eigenvalue weighted by molar-refractivity contribution is 0.0688. The SMILES string of the molecule is C=CC(c1c[nH]c2ccccc12)N1CCCCC1NC(=O)c1ccccc1. The highest BCUT2D eigenvalue weighted by Crippen LogP contribution is 2.33. The number of hydrogen-bond acceptors (Lipinski definition) is 2. The highest BCUT2D eigenvalue weighted by Gasteiger charge is 2.30. The van der Waals surface area contributed by atoms with Crippen molar-refractivity contribution in [1.29, 1.82) is 0 Å². The van der Waals surface area contributed by atoms with E-state index in [0.717, 1.165) is 31.3 Å². The number of likely N-dealkylation sites (tertiary alicyclic amines) is 1. The van der Waals surface area contributed by atoms with E-state index in [0.29, 0.717) is 5.56 Å². The number of aromatic amines is 1. The van der Waals surface area contributed by atoms with Gasteiger partial charge in [0.05, 0.1) is 12.2 Å². The summed E-state index contributed by atoms with van der Waals surface area (Å²) in [6.45, 7) is 5.04. The van der Waals surface area contributed by atoms with Crippen LogP contribution in [0, 0.1) is 0 Å². The fourth-order valence-corrected chi connectivity index (χ4v) is 4.05. The maximum Gasteiger partial charge on any atom is 0.252 e. The Labute approximate surface area is 159 Å². The Morgan fingerprint density at radius 1 is 1.15 bits per heavy atom. The molecule has 0 spiro atoms. The molecule has 1 aliphatic heterocycles. The number of H-pyrrole nitrogens is 1. The number of piperidine rings is 1. The van der Waals surface area contributed by atoms with Crippen LogP contribution in [0.4, 0.5) is 0 Å². The summed E-state index contributed by atoms with van der Waals surface area (Å²) in [5, 5.41) is 4.45. The van der Waals surface area contributed by atoms with Gasteiger partial charge in [-0.3, -0.25) is 9.69 Å². The first-order chi connectivity index (χ1) is 13.3. The molecule has 1 aliphatic rings. The molecular weight excluding hydrogens is 334 g/mol. The third-order valence-corrected chi connectivity index (χ3v) is 5.40.